The number of rotatable bonds is 5. The molecule has 0 aromatic heterocycles. The Morgan fingerprint density at radius 2 is 1.69 bits per heavy atom. The molecule has 2 N–H and O–H groups in total. The minimum Gasteiger partial charge on any atom is -0.480 e. The lowest BCUT2D eigenvalue weighted by atomic mass is 9.88. The predicted octanol–water partition coefficient (Wildman–Crippen LogP) is 4.33. The summed E-state index contributed by atoms with van der Waals surface area (Å²) in [6.07, 6.45) is 6.36. The lowest BCUT2D eigenvalue weighted by molar-refractivity contribution is -0.154. The molecule has 0 bridgehead atoms. The predicted molar refractivity (Wildman–Crippen MR) is 131 cm³/mol. The molecule has 182 valence electrons. The summed E-state index contributed by atoms with van der Waals surface area (Å²) in [6, 6.07) is 15.3. The molecular formula is C28H30N2O5. The van der Waals surface area contributed by atoms with Crippen LogP contribution in [0.4, 0.5) is 4.79 Å². The molecule has 2 aromatic rings. The van der Waals surface area contributed by atoms with Crippen LogP contribution in [-0.4, -0.2) is 53.2 Å². The summed E-state index contributed by atoms with van der Waals surface area (Å²) in [5.74, 6) is -1.45. The highest BCUT2D eigenvalue weighted by Crippen LogP contribution is 2.44. The summed E-state index contributed by atoms with van der Waals surface area (Å²) < 4.78 is 5.65. The van der Waals surface area contributed by atoms with Gasteiger partial charge >= 0.3 is 12.1 Å². The number of carbonyl (C=O) groups is 3. The van der Waals surface area contributed by atoms with Crippen LogP contribution in [0.3, 0.4) is 0 Å². The van der Waals surface area contributed by atoms with E-state index in [2.05, 4.69) is 29.6 Å². The number of piperidine rings is 1. The van der Waals surface area contributed by atoms with Crippen molar-refractivity contribution >= 4 is 18.0 Å². The van der Waals surface area contributed by atoms with Crippen LogP contribution in [0.2, 0.25) is 0 Å². The Kier molecular flexibility index (Phi) is 6.57. The van der Waals surface area contributed by atoms with E-state index in [9.17, 15) is 19.5 Å². The molecule has 7 nitrogen and oxygen atoms in total. The van der Waals surface area contributed by atoms with Gasteiger partial charge in [-0.3, -0.25) is 4.79 Å². The minimum atomic E-state index is -0.947. The van der Waals surface area contributed by atoms with Gasteiger partial charge in [-0.2, -0.15) is 0 Å². The van der Waals surface area contributed by atoms with Gasteiger partial charge in [0.25, 0.3) is 0 Å². The average molecular weight is 475 g/mol. The standard InChI is InChI=1S/C28H30N2O5/c31-26(30-15-6-5-14-25(30)27(32)33)18-8-7-9-19(16-18)29-28(34)35-17-24-22-12-3-1-10-20(22)21-11-2-4-13-23(21)24/h1-4,7,9-13,18-19,24-25H,5-6,8,14-17H2,(H,29,34)(H,32,33)/t18-,19-,25-/m1/s1. The van der Waals surface area contributed by atoms with Gasteiger partial charge in [-0.25, -0.2) is 9.59 Å². The maximum atomic E-state index is 13.1. The van der Waals surface area contributed by atoms with Crippen molar-refractivity contribution in [1.82, 2.24) is 10.2 Å². The van der Waals surface area contributed by atoms with Crippen LogP contribution in [0.1, 0.15) is 49.1 Å². The normalized spacial score (nSPS) is 23.3. The maximum absolute atomic E-state index is 13.1. The Bertz CT molecular complexity index is 1110. The third-order valence-electron chi connectivity index (χ3n) is 7.39. The van der Waals surface area contributed by atoms with Gasteiger partial charge in [0.15, 0.2) is 0 Å². The molecule has 1 fully saturated rings. The van der Waals surface area contributed by atoms with Crippen molar-refractivity contribution in [2.75, 3.05) is 13.2 Å². The first-order chi connectivity index (χ1) is 17.0. The lowest BCUT2D eigenvalue weighted by Gasteiger charge is -2.36. The molecule has 35 heavy (non-hydrogen) atoms. The Hall–Kier alpha value is -3.61. The van der Waals surface area contributed by atoms with Crippen LogP contribution < -0.4 is 5.32 Å². The number of nitrogens with one attached hydrogen (secondary N) is 1. The number of aliphatic carboxylic acids is 1. The quantitative estimate of drug-likeness (QED) is 0.629. The van der Waals surface area contributed by atoms with Crippen LogP contribution in [0.25, 0.3) is 11.1 Å². The maximum Gasteiger partial charge on any atom is 0.407 e. The van der Waals surface area contributed by atoms with Crippen molar-refractivity contribution in [3.63, 3.8) is 0 Å². The SMILES string of the molecule is O=C(N[C@@H]1C=CC[C@@H](C(=O)N2CCCC[C@@H]2C(=O)O)C1)OCC1c2ccccc2-c2ccccc21. The highest BCUT2D eigenvalue weighted by Gasteiger charge is 2.37. The van der Waals surface area contributed by atoms with E-state index in [1.54, 1.807) is 0 Å². The van der Waals surface area contributed by atoms with Crippen molar-refractivity contribution in [1.29, 1.82) is 0 Å². The van der Waals surface area contributed by atoms with Crippen molar-refractivity contribution < 1.29 is 24.2 Å². The summed E-state index contributed by atoms with van der Waals surface area (Å²) in [5, 5.41) is 12.4. The number of hydrogen-bond acceptors (Lipinski definition) is 4. The molecule has 7 heteroatoms. The molecule has 0 saturated carbocycles. The Balaban J connectivity index is 1.19. The van der Waals surface area contributed by atoms with Gasteiger partial charge in [-0.1, -0.05) is 60.7 Å². The van der Waals surface area contributed by atoms with E-state index in [-0.39, 0.29) is 30.4 Å². The summed E-state index contributed by atoms with van der Waals surface area (Å²) >= 11 is 0. The lowest BCUT2D eigenvalue weighted by Crippen LogP contribution is -2.51. The second kappa shape index (κ2) is 9.94. The number of fused-ring (bicyclic) bond motifs is 3. The van der Waals surface area contributed by atoms with E-state index < -0.39 is 18.1 Å². The molecule has 1 heterocycles. The van der Waals surface area contributed by atoms with Crippen LogP contribution in [0.5, 0.6) is 0 Å². The number of benzene rings is 2. The van der Waals surface area contributed by atoms with Gasteiger partial charge in [-0.05, 0) is 54.4 Å². The van der Waals surface area contributed by atoms with Crippen LogP contribution >= 0.6 is 0 Å². The van der Waals surface area contributed by atoms with E-state index in [4.69, 9.17) is 4.74 Å². The van der Waals surface area contributed by atoms with Crippen LogP contribution in [0, 0.1) is 5.92 Å². The van der Waals surface area contributed by atoms with Crippen molar-refractivity contribution in [2.24, 2.45) is 5.92 Å². The summed E-state index contributed by atoms with van der Waals surface area (Å²) in [5.41, 5.74) is 4.65. The number of nitrogens with zero attached hydrogens (tertiary/aromatic N) is 1. The molecule has 2 aromatic carbocycles. The van der Waals surface area contributed by atoms with Crippen molar-refractivity contribution in [3.8, 4) is 11.1 Å². The van der Waals surface area contributed by atoms with E-state index >= 15 is 0 Å². The molecule has 5 rings (SSSR count). The Labute approximate surface area is 204 Å². The molecule has 2 amide bonds. The van der Waals surface area contributed by atoms with Gasteiger partial charge < -0.3 is 20.1 Å². The second-order valence-electron chi connectivity index (χ2n) is 9.55. The fourth-order valence-electron chi connectivity index (χ4n) is 5.68. The third-order valence-corrected chi connectivity index (χ3v) is 7.39. The van der Waals surface area contributed by atoms with Crippen molar-refractivity contribution in [2.45, 2.75) is 50.1 Å². The van der Waals surface area contributed by atoms with Gasteiger partial charge in [-0.15, -0.1) is 0 Å². The number of allylic oxidation sites excluding steroid dienone is 1. The first kappa shape index (κ1) is 23.1. The highest BCUT2D eigenvalue weighted by molar-refractivity contribution is 5.85. The Morgan fingerprint density at radius 3 is 2.37 bits per heavy atom. The number of carboxylic acids is 1. The summed E-state index contributed by atoms with van der Waals surface area (Å²) in [4.78, 5) is 38.9. The fourth-order valence-corrected chi connectivity index (χ4v) is 5.68. The zero-order chi connectivity index (χ0) is 24.4. The monoisotopic (exact) mass is 474 g/mol. The number of ether oxygens (including phenoxy) is 1. The third kappa shape index (κ3) is 4.67. The number of carboxylic acid groups (broad SMARTS) is 1. The largest absolute Gasteiger partial charge is 0.480 e. The van der Waals surface area contributed by atoms with E-state index in [0.29, 0.717) is 25.8 Å². The number of alkyl carbamates (subject to hydrolysis) is 1. The number of carbonyl (C=O) groups excluding carboxylic acids is 2. The van der Waals surface area contributed by atoms with Crippen LogP contribution in [0.15, 0.2) is 60.7 Å². The van der Waals surface area contributed by atoms with Crippen LogP contribution in [-0.2, 0) is 14.3 Å². The Morgan fingerprint density at radius 1 is 1.00 bits per heavy atom. The van der Waals surface area contributed by atoms with E-state index in [1.165, 1.54) is 16.0 Å². The molecule has 2 aliphatic carbocycles. The molecule has 3 atom stereocenters. The van der Waals surface area contributed by atoms with E-state index in [1.807, 2.05) is 36.4 Å². The minimum absolute atomic E-state index is 0.0172. The fraction of sp³-hybridized carbons (Fsp3) is 0.393. The van der Waals surface area contributed by atoms with Crippen molar-refractivity contribution in [3.05, 3.63) is 71.8 Å². The number of amides is 2. The smallest absolute Gasteiger partial charge is 0.407 e. The van der Waals surface area contributed by atoms with Gasteiger partial charge in [0.05, 0.1) is 6.04 Å². The summed E-state index contributed by atoms with van der Waals surface area (Å²) in [6.45, 7) is 0.702. The van der Waals surface area contributed by atoms with Gasteiger partial charge in [0.1, 0.15) is 12.6 Å². The number of hydrogen-bond donors (Lipinski definition) is 2. The molecule has 1 saturated heterocycles. The van der Waals surface area contributed by atoms with E-state index in [0.717, 1.165) is 24.0 Å². The number of likely N-dealkylation sites (tertiary alicyclic amines) is 1. The zero-order valence-electron chi connectivity index (χ0n) is 19.6. The second-order valence-corrected chi connectivity index (χ2v) is 9.55. The summed E-state index contributed by atoms with van der Waals surface area (Å²) in [7, 11) is 0. The highest BCUT2D eigenvalue weighted by atomic mass is 16.5. The van der Waals surface area contributed by atoms with Gasteiger partial charge in [0, 0.05) is 18.4 Å². The molecular weight excluding hydrogens is 444 g/mol. The molecule has 1 aliphatic heterocycles. The first-order valence-corrected chi connectivity index (χ1v) is 12.3. The molecule has 0 radical (unpaired) electrons. The first-order valence-electron chi connectivity index (χ1n) is 12.3. The van der Waals surface area contributed by atoms with Gasteiger partial charge in [0.2, 0.25) is 5.91 Å². The molecule has 3 aliphatic rings. The molecule has 0 spiro atoms. The zero-order valence-corrected chi connectivity index (χ0v) is 19.6. The average Bonchev–Trinajstić information content (AvgIpc) is 3.21. The topological polar surface area (TPSA) is 95.9 Å². The molecule has 0 unspecified atom stereocenters.